The maximum Gasteiger partial charge on any atom is 0.287 e. The lowest BCUT2D eigenvalue weighted by atomic mass is 10.0. The van der Waals surface area contributed by atoms with Crippen LogP contribution in [0.2, 0.25) is 5.02 Å². The summed E-state index contributed by atoms with van der Waals surface area (Å²) in [6, 6.07) is 21.1. The Bertz CT molecular complexity index is 1230. The van der Waals surface area contributed by atoms with E-state index in [4.69, 9.17) is 16.0 Å². The molecule has 1 N–H and O–H groups in total. The molecular weight excluding hydrogens is 392 g/mol. The lowest BCUT2D eigenvalue weighted by Gasteiger charge is -2.07. The van der Waals surface area contributed by atoms with Crippen molar-refractivity contribution in [2.24, 2.45) is 0 Å². The highest BCUT2D eigenvalue weighted by Crippen LogP contribution is 2.32. The molecule has 0 bridgehead atoms. The molecule has 6 nitrogen and oxygen atoms in total. The van der Waals surface area contributed by atoms with Crippen molar-refractivity contribution in [3.63, 3.8) is 0 Å². The number of amides is 1. The van der Waals surface area contributed by atoms with E-state index in [-0.39, 0.29) is 22.4 Å². The first-order chi connectivity index (χ1) is 14.0. The van der Waals surface area contributed by atoms with Crippen LogP contribution in [0.1, 0.15) is 16.1 Å². The topological polar surface area (TPSA) is 85.4 Å². The summed E-state index contributed by atoms with van der Waals surface area (Å²) in [6.07, 6.45) is 0. The summed E-state index contributed by atoms with van der Waals surface area (Å²) >= 11 is 6.13. The molecule has 0 fully saturated rings. The Morgan fingerprint density at radius 1 is 1.03 bits per heavy atom. The summed E-state index contributed by atoms with van der Waals surface area (Å²) in [4.78, 5) is 22.8. The number of furan rings is 1. The molecular formula is C22H15ClN2O4. The molecule has 7 heteroatoms. The summed E-state index contributed by atoms with van der Waals surface area (Å²) in [5.74, 6) is 0.136. The number of carbonyl (C=O) groups excluding carboxylic acids is 1. The molecule has 0 aliphatic heterocycles. The van der Waals surface area contributed by atoms with Crippen LogP contribution in [0.15, 0.2) is 77.2 Å². The predicted octanol–water partition coefficient (Wildman–Crippen LogP) is 5.59. The van der Waals surface area contributed by atoms with E-state index >= 15 is 0 Å². The minimum absolute atomic E-state index is 0.113. The summed E-state index contributed by atoms with van der Waals surface area (Å²) in [6.45, 7) is 0.356. The normalized spacial score (nSPS) is 10.8. The van der Waals surface area contributed by atoms with Gasteiger partial charge in [-0.2, -0.15) is 0 Å². The first-order valence-corrected chi connectivity index (χ1v) is 9.20. The Hall–Kier alpha value is -3.64. The van der Waals surface area contributed by atoms with Gasteiger partial charge in [0.2, 0.25) is 0 Å². The third kappa shape index (κ3) is 3.83. The number of nitro groups is 1. The molecule has 0 unspecified atom stereocenters. The van der Waals surface area contributed by atoms with Gasteiger partial charge in [0.1, 0.15) is 5.76 Å². The quantitative estimate of drug-likeness (QED) is 0.345. The SMILES string of the molecule is O=C(NCc1cccc2ccccc12)c1ccc(-c2ccc([N+](=O)[O-])cc2Cl)o1. The standard InChI is InChI=1S/C22H15ClN2O4/c23-19-12-16(25(27)28)8-9-18(19)20-10-11-21(29-20)22(26)24-13-15-6-3-5-14-4-1-2-7-17(14)15/h1-12H,13H2,(H,24,26). The van der Waals surface area contributed by atoms with Gasteiger partial charge in [-0.15, -0.1) is 0 Å². The molecule has 0 atom stereocenters. The van der Waals surface area contributed by atoms with Gasteiger partial charge in [0.15, 0.2) is 5.76 Å². The van der Waals surface area contributed by atoms with Gasteiger partial charge in [-0.1, -0.05) is 54.1 Å². The van der Waals surface area contributed by atoms with E-state index in [0.29, 0.717) is 17.9 Å². The predicted molar refractivity (Wildman–Crippen MR) is 111 cm³/mol. The first-order valence-electron chi connectivity index (χ1n) is 8.82. The molecule has 1 amide bonds. The van der Waals surface area contributed by atoms with E-state index in [1.54, 1.807) is 12.1 Å². The summed E-state index contributed by atoms with van der Waals surface area (Å²) in [5.41, 5.74) is 1.37. The second-order valence-electron chi connectivity index (χ2n) is 6.41. The van der Waals surface area contributed by atoms with Gasteiger partial charge in [-0.3, -0.25) is 14.9 Å². The van der Waals surface area contributed by atoms with E-state index in [1.165, 1.54) is 18.2 Å². The second-order valence-corrected chi connectivity index (χ2v) is 6.81. The number of fused-ring (bicyclic) bond motifs is 1. The van der Waals surface area contributed by atoms with Crippen molar-refractivity contribution in [2.45, 2.75) is 6.54 Å². The summed E-state index contributed by atoms with van der Waals surface area (Å²) in [5, 5.41) is 16.0. The third-order valence-electron chi connectivity index (χ3n) is 4.58. The van der Waals surface area contributed by atoms with Crippen LogP contribution in [0, 0.1) is 10.1 Å². The number of benzene rings is 3. The fourth-order valence-electron chi connectivity index (χ4n) is 3.13. The number of nitrogens with one attached hydrogen (secondary N) is 1. The lowest BCUT2D eigenvalue weighted by Crippen LogP contribution is -2.22. The number of hydrogen-bond donors (Lipinski definition) is 1. The molecule has 3 aromatic carbocycles. The minimum Gasteiger partial charge on any atom is -0.451 e. The van der Waals surface area contributed by atoms with Crippen LogP contribution in [0.25, 0.3) is 22.1 Å². The zero-order chi connectivity index (χ0) is 20.4. The van der Waals surface area contributed by atoms with Gasteiger partial charge in [0.05, 0.1) is 9.95 Å². The van der Waals surface area contributed by atoms with E-state index in [9.17, 15) is 14.9 Å². The number of hydrogen-bond acceptors (Lipinski definition) is 4. The van der Waals surface area contributed by atoms with Crippen LogP contribution in [0.4, 0.5) is 5.69 Å². The van der Waals surface area contributed by atoms with Gasteiger partial charge in [0.25, 0.3) is 11.6 Å². The highest BCUT2D eigenvalue weighted by atomic mass is 35.5. The molecule has 4 aromatic rings. The Kier molecular flexibility index (Phi) is 5.01. The number of halogens is 1. The molecule has 0 saturated heterocycles. The smallest absolute Gasteiger partial charge is 0.287 e. The molecule has 29 heavy (non-hydrogen) atoms. The van der Waals surface area contributed by atoms with Crippen molar-refractivity contribution in [3.05, 3.63) is 99.3 Å². The van der Waals surface area contributed by atoms with E-state index in [1.807, 2.05) is 42.5 Å². The average molecular weight is 407 g/mol. The van der Waals surface area contributed by atoms with Gasteiger partial charge in [-0.25, -0.2) is 0 Å². The summed E-state index contributed by atoms with van der Waals surface area (Å²) in [7, 11) is 0. The highest BCUT2D eigenvalue weighted by molar-refractivity contribution is 6.33. The third-order valence-corrected chi connectivity index (χ3v) is 4.89. The van der Waals surface area contributed by atoms with E-state index in [2.05, 4.69) is 5.32 Å². The molecule has 0 aliphatic rings. The zero-order valence-electron chi connectivity index (χ0n) is 15.1. The Labute approximate surface area is 170 Å². The highest BCUT2D eigenvalue weighted by Gasteiger charge is 2.16. The van der Waals surface area contributed by atoms with Crippen molar-refractivity contribution < 1.29 is 14.1 Å². The second kappa shape index (κ2) is 7.77. The largest absolute Gasteiger partial charge is 0.451 e. The fraction of sp³-hybridized carbons (Fsp3) is 0.0455. The van der Waals surface area contributed by atoms with E-state index in [0.717, 1.165) is 16.3 Å². The lowest BCUT2D eigenvalue weighted by molar-refractivity contribution is -0.384. The molecule has 1 aromatic heterocycles. The maximum atomic E-state index is 12.5. The van der Waals surface area contributed by atoms with Crippen molar-refractivity contribution in [1.82, 2.24) is 5.32 Å². The molecule has 1 heterocycles. The Morgan fingerprint density at radius 3 is 2.62 bits per heavy atom. The number of rotatable bonds is 5. The Balaban J connectivity index is 1.51. The molecule has 4 rings (SSSR count). The van der Waals surface area contributed by atoms with Crippen molar-refractivity contribution in [2.75, 3.05) is 0 Å². The van der Waals surface area contributed by atoms with Crippen molar-refractivity contribution >= 4 is 34.0 Å². The van der Waals surface area contributed by atoms with Crippen molar-refractivity contribution in [3.8, 4) is 11.3 Å². The minimum atomic E-state index is -0.524. The van der Waals surface area contributed by atoms with E-state index < -0.39 is 4.92 Å². The van der Waals surface area contributed by atoms with Gasteiger partial charge >= 0.3 is 0 Å². The fourth-order valence-corrected chi connectivity index (χ4v) is 3.40. The molecule has 0 spiro atoms. The van der Waals surface area contributed by atoms with Crippen LogP contribution in [0.5, 0.6) is 0 Å². The molecule has 144 valence electrons. The summed E-state index contributed by atoms with van der Waals surface area (Å²) < 4.78 is 5.62. The van der Waals surface area contributed by atoms with Crippen LogP contribution in [0.3, 0.4) is 0 Å². The average Bonchev–Trinajstić information content (AvgIpc) is 3.22. The van der Waals surface area contributed by atoms with Crippen LogP contribution in [-0.4, -0.2) is 10.8 Å². The number of nitro benzene ring substituents is 1. The molecule has 0 radical (unpaired) electrons. The maximum absolute atomic E-state index is 12.5. The molecule has 0 aliphatic carbocycles. The van der Waals surface area contributed by atoms with Crippen LogP contribution >= 0.6 is 11.6 Å². The van der Waals surface area contributed by atoms with Gasteiger partial charge < -0.3 is 9.73 Å². The number of nitrogens with zero attached hydrogens (tertiary/aromatic N) is 1. The first kappa shape index (κ1) is 18.7. The van der Waals surface area contributed by atoms with Gasteiger partial charge in [-0.05, 0) is 34.5 Å². The molecule has 0 saturated carbocycles. The van der Waals surface area contributed by atoms with Crippen LogP contribution in [-0.2, 0) is 6.54 Å². The number of non-ortho nitro benzene ring substituents is 1. The zero-order valence-corrected chi connectivity index (χ0v) is 15.8. The van der Waals surface area contributed by atoms with Gasteiger partial charge in [0, 0.05) is 24.2 Å². The monoisotopic (exact) mass is 406 g/mol. The Morgan fingerprint density at radius 2 is 1.83 bits per heavy atom. The van der Waals surface area contributed by atoms with Crippen molar-refractivity contribution in [1.29, 1.82) is 0 Å². The van der Waals surface area contributed by atoms with Crippen LogP contribution < -0.4 is 5.32 Å². The number of carbonyl (C=O) groups is 1.